The van der Waals surface area contributed by atoms with Crippen LogP contribution in [0.1, 0.15) is 30.6 Å². The summed E-state index contributed by atoms with van der Waals surface area (Å²) in [6.45, 7) is 2.32. The molecule has 0 amide bonds. The zero-order valence-corrected chi connectivity index (χ0v) is 14.4. The molecule has 5 nitrogen and oxygen atoms in total. The molecule has 1 fully saturated rings. The SMILES string of the molecule is CC1CC(c2cc3cnc(-c4cnc5nn(C)cc5c4)nc3s2)C1. The highest BCUT2D eigenvalue weighted by Crippen LogP contribution is 2.44. The van der Waals surface area contributed by atoms with Crippen LogP contribution in [-0.4, -0.2) is 24.7 Å². The van der Waals surface area contributed by atoms with Crippen LogP contribution < -0.4 is 0 Å². The predicted octanol–water partition coefficient (Wildman–Crippen LogP) is 4.15. The molecular formula is C18H17N5S. The summed E-state index contributed by atoms with van der Waals surface area (Å²) in [6, 6.07) is 4.32. The average molecular weight is 335 g/mol. The van der Waals surface area contributed by atoms with Crippen LogP contribution in [0.25, 0.3) is 32.6 Å². The molecule has 6 heteroatoms. The van der Waals surface area contributed by atoms with E-state index in [0.717, 1.165) is 44.5 Å². The lowest BCUT2D eigenvalue weighted by atomic mass is 9.75. The maximum Gasteiger partial charge on any atom is 0.181 e. The summed E-state index contributed by atoms with van der Waals surface area (Å²) in [7, 11) is 1.90. The Morgan fingerprint density at radius 1 is 1.12 bits per heavy atom. The van der Waals surface area contributed by atoms with Crippen molar-refractivity contribution in [1.29, 1.82) is 0 Å². The van der Waals surface area contributed by atoms with Crippen molar-refractivity contribution in [3.8, 4) is 11.4 Å². The van der Waals surface area contributed by atoms with Crippen molar-refractivity contribution in [2.24, 2.45) is 13.0 Å². The van der Waals surface area contributed by atoms with Gasteiger partial charge < -0.3 is 0 Å². The van der Waals surface area contributed by atoms with E-state index < -0.39 is 0 Å². The van der Waals surface area contributed by atoms with Gasteiger partial charge in [-0.1, -0.05) is 6.92 Å². The zero-order chi connectivity index (χ0) is 16.3. The Kier molecular flexibility index (Phi) is 2.97. The number of aryl methyl sites for hydroxylation is 1. The van der Waals surface area contributed by atoms with Crippen LogP contribution in [0.5, 0.6) is 0 Å². The molecule has 0 aromatic carbocycles. The van der Waals surface area contributed by atoms with Crippen LogP contribution in [0, 0.1) is 5.92 Å². The summed E-state index contributed by atoms with van der Waals surface area (Å²) in [6.07, 6.45) is 8.31. The van der Waals surface area contributed by atoms with Gasteiger partial charge in [0.05, 0.1) is 0 Å². The second kappa shape index (κ2) is 5.08. The molecule has 24 heavy (non-hydrogen) atoms. The summed E-state index contributed by atoms with van der Waals surface area (Å²) in [4.78, 5) is 16.3. The molecule has 0 saturated heterocycles. The Hall–Kier alpha value is -2.34. The largest absolute Gasteiger partial charge is 0.273 e. The van der Waals surface area contributed by atoms with Gasteiger partial charge in [-0.05, 0) is 36.8 Å². The number of hydrogen-bond donors (Lipinski definition) is 0. The Morgan fingerprint density at radius 2 is 2.00 bits per heavy atom. The van der Waals surface area contributed by atoms with E-state index in [2.05, 4.69) is 34.1 Å². The molecule has 4 aromatic heterocycles. The maximum absolute atomic E-state index is 4.78. The lowest BCUT2D eigenvalue weighted by Gasteiger charge is -2.31. The molecule has 0 bridgehead atoms. The summed E-state index contributed by atoms with van der Waals surface area (Å²) in [5, 5.41) is 6.46. The van der Waals surface area contributed by atoms with Gasteiger partial charge in [0.15, 0.2) is 11.5 Å². The number of hydrogen-bond acceptors (Lipinski definition) is 5. The average Bonchev–Trinajstić information content (AvgIpc) is 3.12. The van der Waals surface area contributed by atoms with Crippen molar-refractivity contribution >= 4 is 32.6 Å². The summed E-state index contributed by atoms with van der Waals surface area (Å²) < 4.78 is 1.77. The molecule has 4 aromatic rings. The smallest absolute Gasteiger partial charge is 0.181 e. The molecule has 1 aliphatic carbocycles. The van der Waals surface area contributed by atoms with Crippen molar-refractivity contribution in [3.63, 3.8) is 0 Å². The second-order valence-electron chi connectivity index (χ2n) is 6.82. The van der Waals surface area contributed by atoms with Gasteiger partial charge in [-0.3, -0.25) is 4.68 Å². The quantitative estimate of drug-likeness (QED) is 0.552. The van der Waals surface area contributed by atoms with Crippen LogP contribution in [0.2, 0.25) is 0 Å². The number of pyridine rings is 1. The molecular weight excluding hydrogens is 318 g/mol. The summed E-state index contributed by atoms with van der Waals surface area (Å²) in [5.41, 5.74) is 1.68. The fourth-order valence-electron chi connectivity index (χ4n) is 3.48. The van der Waals surface area contributed by atoms with Crippen LogP contribution in [0.3, 0.4) is 0 Å². The normalized spacial score (nSPS) is 20.6. The number of thiophene rings is 1. The fourth-order valence-corrected chi connectivity index (χ4v) is 4.61. The van der Waals surface area contributed by atoms with Gasteiger partial charge in [0.2, 0.25) is 0 Å². The van der Waals surface area contributed by atoms with E-state index in [1.807, 2.05) is 30.8 Å². The minimum atomic E-state index is 0.719. The topological polar surface area (TPSA) is 56.5 Å². The molecule has 0 radical (unpaired) electrons. The third-order valence-corrected chi connectivity index (χ3v) is 6.01. The van der Waals surface area contributed by atoms with E-state index in [1.165, 1.54) is 17.7 Å². The van der Waals surface area contributed by atoms with E-state index >= 15 is 0 Å². The lowest BCUT2D eigenvalue weighted by molar-refractivity contribution is 0.292. The summed E-state index contributed by atoms with van der Waals surface area (Å²) >= 11 is 1.81. The molecule has 0 spiro atoms. The highest BCUT2D eigenvalue weighted by molar-refractivity contribution is 7.18. The van der Waals surface area contributed by atoms with Crippen LogP contribution in [0.4, 0.5) is 0 Å². The highest BCUT2D eigenvalue weighted by atomic mass is 32.1. The first-order chi connectivity index (χ1) is 11.7. The Labute approximate surface area is 143 Å². The van der Waals surface area contributed by atoms with E-state index in [4.69, 9.17) is 4.98 Å². The van der Waals surface area contributed by atoms with Crippen LogP contribution in [0.15, 0.2) is 30.7 Å². The maximum atomic E-state index is 4.78. The minimum Gasteiger partial charge on any atom is -0.273 e. The van der Waals surface area contributed by atoms with Crippen molar-refractivity contribution < 1.29 is 0 Å². The Bertz CT molecular complexity index is 1060. The Morgan fingerprint density at radius 3 is 2.83 bits per heavy atom. The molecule has 0 aliphatic heterocycles. The van der Waals surface area contributed by atoms with E-state index in [-0.39, 0.29) is 0 Å². The van der Waals surface area contributed by atoms with Gasteiger partial charge in [-0.2, -0.15) is 5.10 Å². The number of aromatic nitrogens is 5. The molecule has 1 saturated carbocycles. The van der Waals surface area contributed by atoms with Gasteiger partial charge in [0, 0.05) is 46.9 Å². The Balaban J connectivity index is 1.55. The third kappa shape index (κ3) is 2.21. The van der Waals surface area contributed by atoms with Crippen LogP contribution >= 0.6 is 11.3 Å². The van der Waals surface area contributed by atoms with Gasteiger partial charge in [-0.25, -0.2) is 15.0 Å². The van der Waals surface area contributed by atoms with Gasteiger partial charge >= 0.3 is 0 Å². The van der Waals surface area contributed by atoms with Crippen LogP contribution in [-0.2, 0) is 7.05 Å². The highest BCUT2D eigenvalue weighted by Gasteiger charge is 2.28. The molecule has 120 valence electrons. The second-order valence-corrected chi connectivity index (χ2v) is 7.88. The van der Waals surface area contributed by atoms with E-state index in [1.54, 1.807) is 10.9 Å². The number of rotatable bonds is 2. The minimum absolute atomic E-state index is 0.719. The van der Waals surface area contributed by atoms with Crippen molar-refractivity contribution in [2.45, 2.75) is 25.7 Å². The standard InChI is InChI=1S/C18H17N5S/c1-10-3-11(4-10)15-6-13-8-19-16(21-18(13)24-15)12-5-14-9-23(2)22-17(14)20-7-12/h5-11H,3-4H2,1-2H3. The fraction of sp³-hybridized carbons (Fsp3) is 0.333. The van der Waals surface area contributed by atoms with Gasteiger partial charge in [0.25, 0.3) is 0 Å². The van der Waals surface area contributed by atoms with Gasteiger partial charge in [-0.15, -0.1) is 11.3 Å². The first-order valence-electron chi connectivity index (χ1n) is 8.22. The first-order valence-corrected chi connectivity index (χ1v) is 9.03. The van der Waals surface area contributed by atoms with E-state index in [0.29, 0.717) is 0 Å². The molecule has 0 atom stereocenters. The van der Waals surface area contributed by atoms with Crippen molar-refractivity contribution in [1.82, 2.24) is 24.7 Å². The van der Waals surface area contributed by atoms with Crippen molar-refractivity contribution in [2.75, 3.05) is 0 Å². The zero-order valence-electron chi connectivity index (χ0n) is 13.6. The molecule has 0 unspecified atom stereocenters. The monoisotopic (exact) mass is 335 g/mol. The van der Waals surface area contributed by atoms with E-state index in [9.17, 15) is 0 Å². The molecule has 5 rings (SSSR count). The number of nitrogens with zero attached hydrogens (tertiary/aromatic N) is 5. The van der Waals surface area contributed by atoms with Gasteiger partial charge in [0.1, 0.15) is 4.83 Å². The molecule has 1 aliphatic rings. The molecule has 0 N–H and O–H groups in total. The first kappa shape index (κ1) is 14.0. The molecule has 4 heterocycles. The third-order valence-electron chi connectivity index (χ3n) is 4.80. The number of fused-ring (bicyclic) bond motifs is 2. The predicted molar refractivity (Wildman–Crippen MR) is 96.1 cm³/mol. The van der Waals surface area contributed by atoms with Crippen molar-refractivity contribution in [3.05, 3.63) is 35.6 Å². The summed E-state index contributed by atoms with van der Waals surface area (Å²) in [5.74, 6) is 2.31. The lowest BCUT2D eigenvalue weighted by Crippen LogP contribution is -2.17.